The van der Waals surface area contributed by atoms with E-state index in [2.05, 4.69) is 6.92 Å². The first-order valence-corrected chi connectivity index (χ1v) is 7.51. The maximum atomic E-state index is 11.6. The van der Waals surface area contributed by atoms with Crippen molar-refractivity contribution in [3.8, 4) is 0 Å². The van der Waals surface area contributed by atoms with Gasteiger partial charge < -0.3 is 9.84 Å². The van der Waals surface area contributed by atoms with Gasteiger partial charge in [-0.3, -0.25) is 4.79 Å². The minimum atomic E-state index is -0.574. The van der Waals surface area contributed by atoms with Crippen molar-refractivity contribution in [3.63, 3.8) is 0 Å². The summed E-state index contributed by atoms with van der Waals surface area (Å²) in [5.74, 6) is 0.176. The van der Waals surface area contributed by atoms with Gasteiger partial charge in [0.2, 0.25) is 0 Å². The second-order valence-corrected chi connectivity index (χ2v) is 6.11. The Morgan fingerprint density at radius 1 is 1.33 bits per heavy atom. The van der Waals surface area contributed by atoms with E-state index in [-0.39, 0.29) is 0 Å². The molecule has 1 aliphatic carbocycles. The highest BCUT2D eigenvalue weighted by Gasteiger charge is 2.41. The minimum absolute atomic E-state index is 0.324. The monoisotopic (exact) mass is 254 g/mol. The quantitative estimate of drug-likeness (QED) is 0.815. The molecule has 2 fully saturated rings. The standard InChI is InChI=1S/C15H26O3/c1-2-12-5-8-15(9-6-12,14(16)17)10-7-13-4-3-11-18-13/h12-13H,2-11H2,1H3,(H,16,17). The van der Waals surface area contributed by atoms with Crippen molar-refractivity contribution in [2.75, 3.05) is 6.61 Å². The Hall–Kier alpha value is -0.570. The number of carbonyl (C=O) groups is 1. The van der Waals surface area contributed by atoms with E-state index in [4.69, 9.17) is 4.74 Å². The number of carboxylic acids is 1. The third-order valence-electron chi connectivity index (χ3n) is 5.06. The summed E-state index contributed by atoms with van der Waals surface area (Å²) < 4.78 is 5.62. The molecule has 1 heterocycles. The van der Waals surface area contributed by atoms with Gasteiger partial charge in [0, 0.05) is 6.61 Å². The molecule has 104 valence electrons. The van der Waals surface area contributed by atoms with Crippen molar-refractivity contribution in [2.45, 2.75) is 70.8 Å². The number of ether oxygens (including phenoxy) is 1. The summed E-state index contributed by atoms with van der Waals surface area (Å²) in [6.07, 6.45) is 9.44. The van der Waals surface area contributed by atoms with Crippen LogP contribution in [0.2, 0.25) is 0 Å². The van der Waals surface area contributed by atoms with Crippen molar-refractivity contribution >= 4 is 5.97 Å². The zero-order valence-corrected chi connectivity index (χ0v) is 11.5. The molecular weight excluding hydrogens is 228 g/mol. The maximum absolute atomic E-state index is 11.6. The molecule has 0 aromatic heterocycles. The van der Waals surface area contributed by atoms with Crippen LogP contribution in [0, 0.1) is 11.3 Å². The van der Waals surface area contributed by atoms with E-state index >= 15 is 0 Å². The van der Waals surface area contributed by atoms with Crippen LogP contribution in [-0.4, -0.2) is 23.8 Å². The molecular formula is C15H26O3. The number of hydrogen-bond donors (Lipinski definition) is 1. The second-order valence-electron chi connectivity index (χ2n) is 6.11. The van der Waals surface area contributed by atoms with E-state index in [1.807, 2.05) is 0 Å². The molecule has 2 rings (SSSR count). The fraction of sp³-hybridized carbons (Fsp3) is 0.933. The minimum Gasteiger partial charge on any atom is -0.481 e. The molecule has 18 heavy (non-hydrogen) atoms. The van der Waals surface area contributed by atoms with Crippen LogP contribution in [0.25, 0.3) is 0 Å². The first kappa shape index (κ1) is 13.9. The molecule has 0 aromatic rings. The fourth-order valence-corrected chi connectivity index (χ4v) is 3.52. The summed E-state index contributed by atoms with van der Waals surface area (Å²) >= 11 is 0. The van der Waals surface area contributed by atoms with Crippen molar-refractivity contribution in [3.05, 3.63) is 0 Å². The largest absolute Gasteiger partial charge is 0.481 e. The van der Waals surface area contributed by atoms with Crippen LogP contribution in [0.1, 0.15) is 64.7 Å². The Morgan fingerprint density at radius 2 is 2.06 bits per heavy atom. The van der Waals surface area contributed by atoms with Crippen LogP contribution >= 0.6 is 0 Å². The molecule has 0 aromatic carbocycles. The van der Waals surface area contributed by atoms with Gasteiger partial charge in [-0.2, -0.15) is 0 Å². The van der Waals surface area contributed by atoms with Crippen LogP contribution in [0.3, 0.4) is 0 Å². The first-order valence-electron chi connectivity index (χ1n) is 7.51. The highest BCUT2D eigenvalue weighted by atomic mass is 16.5. The summed E-state index contributed by atoms with van der Waals surface area (Å²) in [5, 5.41) is 9.58. The van der Waals surface area contributed by atoms with Crippen LogP contribution < -0.4 is 0 Å². The maximum Gasteiger partial charge on any atom is 0.309 e. The third-order valence-corrected chi connectivity index (χ3v) is 5.06. The van der Waals surface area contributed by atoms with Crippen molar-refractivity contribution < 1.29 is 14.6 Å². The lowest BCUT2D eigenvalue weighted by Crippen LogP contribution is -2.36. The number of carboxylic acid groups (broad SMARTS) is 1. The van der Waals surface area contributed by atoms with Crippen molar-refractivity contribution in [2.24, 2.45) is 11.3 Å². The van der Waals surface area contributed by atoms with Gasteiger partial charge in [0.1, 0.15) is 0 Å². The molecule has 0 spiro atoms. The van der Waals surface area contributed by atoms with Crippen LogP contribution in [0.15, 0.2) is 0 Å². The summed E-state index contributed by atoms with van der Waals surface area (Å²) in [6, 6.07) is 0. The zero-order chi connectivity index (χ0) is 13.0. The van der Waals surface area contributed by atoms with Gasteiger partial charge in [0.05, 0.1) is 11.5 Å². The van der Waals surface area contributed by atoms with Gasteiger partial charge in [0.15, 0.2) is 0 Å². The van der Waals surface area contributed by atoms with E-state index < -0.39 is 11.4 Å². The average molecular weight is 254 g/mol. The Bertz CT molecular complexity index is 273. The van der Waals surface area contributed by atoms with Crippen LogP contribution in [0.5, 0.6) is 0 Å². The molecule has 1 N–H and O–H groups in total. The zero-order valence-electron chi connectivity index (χ0n) is 11.5. The molecule has 0 radical (unpaired) electrons. The Kier molecular flexibility index (Phi) is 4.66. The van der Waals surface area contributed by atoms with E-state index in [9.17, 15) is 9.90 Å². The lowest BCUT2D eigenvalue weighted by Gasteiger charge is -2.37. The van der Waals surface area contributed by atoms with Crippen molar-refractivity contribution in [1.29, 1.82) is 0 Å². The first-order chi connectivity index (χ1) is 8.66. The topological polar surface area (TPSA) is 46.5 Å². The van der Waals surface area contributed by atoms with Crippen LogP contribution in [-0.2, 0) is 9.53 Å². The fourth-order valence-electron chi connectivity index (χ4n) is 3.52. The molecule has 1 saturated carbocycles. The van der Waals surface area contributed by atoms with Gasteiger partial charge in [0.25, 0.3) is 0 Å². The summed E-state index contributed by atoms with van der Waals surface area (Å²) in [5.41, 5.74) is -0.447. The number of rotatable bonds is 5. The molecule has 1 aliphatic heterocycles. The lowest BCUT2D eigenvalue weighted by atomic mass is 9.67. The Balaban J connectivity index is 1.88. The third kappa shape index (κ3) is 3.05. The summed E-state index contributed by atoms with van der Waals surface area (Å²) in [4.78, 5) is 11.6. The molecule has 2 aliphatic rings. The van der Waals surface area contributed by atoms with E-state index in [0.717, 1.165) is 63.9 Å². The van der Waals surface area contributed by atoms with E-state index in [1.165, 1.54) is 6.42 Å². The smallest absolute Gasteiger partial charge is 0.309 e. The predicted molar refractivity (Wildman–Crippen MR) is 70.5 cm³/mol. The normalized spacial score (nSPS) is 36.7. The van der Waals surface area contributed by atoms with Gasteiger partial charge in [-0.15, -0.1) is 0 Å². The molecule has 0 bridgehead atoms. The van der Waals surface area contributed by atoms with E-state index in [0.29, 0.717) is 6.10 Å². The Labute approximate surface area is 110 Å². The molecule has 3 nitrogen and oxygen atoms in total. The summed E-state index contributed by atoms with van der Waals surface area (Å²) in [7, 11) is 0. The molecule has 3 heteroatoms. The van der Waals surface area contributed by atoms with Gasteiger partial charge in [-0.05, 0) is 57.3 Å². The molecule has 1 saturated heterocycles. The van der Waals surface area contributed by atoms with Gasteiger partial charge in [-0.1, -0.05) is 13.3 Å². The van der Waals surface area contributed by atoms with Crippen LogP contribution in [0.4, 0.5) is 0 Å². The SMILES string of the molecule is CCC1CCC(CCC2CCCO2)(C(=O)O)CC1. The highest BCUT2D eigenvalue weighted by Crippen LogP contribution is 2.44. The van der Waals surface area contributed by atoms with Gasteiger partial charge >= 0.3 is 5.97 Å². The lowest BCUT2D eigenvalue weighted by molar-refractivity contribution is -0.152. The highest BCUT2D eigenvalue weighted by molar-refractivity contribution is 5.74. The number of hydrogen-bond acceptors (Lipinski definition) is 2. The molecule has 0 amide bonds. The molecule has 1 unspecified atom stereocenters. The van der Waals surface area contributed by atoms with Gasteiger partial charge in [-0.25, -0.2) is 0 Å². The molecule has 1 atom stereocenters. The predicted octanol–water partition coefficient (Wildman–Crippen LogP) is 3.62. The summed E-state index contributed by atoms with van der Waals surface area (Å²) in [6.45, 7) is 3.08. The number of aliphatic carboxylic acids is 1. The Morgan fingerprint density at radius 3 is 2.56 bits per heavy atom. The van der Waals surface area contributed by atoms with E-state index in [1.54, 1.807) is 0 Å². The average Bonchev–Trinajstić information content (AvgIpc) is 2.90. The van der Waals surface area contributed by atoms with Crippen molar-refractivity contribution in [1.82, 2.24) is 0 Å². The second kappa shape index (κ2) is 6.05.